The fourth-order valence-electron chi connectivity index (χ4n) is 2.16. The molecule has 20 heavy (non-hydrogen) atoms. The minimum atomic E-state index is -0.192. The van der Waals surface area contributed by atoms with E-state index < -0.39 is 0 Å². The number of amides is 2. The van der Waals surface area contributed by atoms with Crippen LogP contribution in [0, 0.1) is 11.8 Å². The second kappa shape index (κ2) is 6.31. The van der Waals surface area contributed by atoms with Crippen molar-refractivity contribution in [2.45, 2.75) is 6.54 Å². The summed E-state index contributed by atoms with van der Waals surface area (Å²) in [6.45, 7) is 1.86. The van der Waals surface area contributed by atoms with Gasteiger partial charge in [0.2, 0.25) is 0 Å². The van der Waals surface area contributed by atoms with Gasteiger partial charge in [0.15, 0.2) is 0 Å². The van der Waals surface area contributed by atoms with Crippen LogP contribution in [0.3, 0.4) is 0 Å². The van der Waals surface area contributed by atoms with Gasteiger partial charge >= 0.3 is 6.03 Å². The molecule has 0 aromatic heterocycles. The summed E-state index contributed by atoms with van der Waals surface area (Å²) in [4.78, 5) is 15.4. The van der Waals surface area contributed by atoms with Crippen molar-refractivity contribution in [3.05, 3.63) is 29.3 Å². The lowest BCUT2D eigenvalue weighted by atomic mass is 10.1. The van der Waals surface area contributed by atoms with E-state index in [1.165, 1.54) is 0 Å². The molecule has 1 N–H and O–H groups in total. The number of carbonyl (C=O) groups excluding carboxylic acids is 1. The van der Waals surface area contributed by atoms with Crippen molar-refractivity contribution in [1.29, 1.82) is 0 Å². The van der Waals surface area contributed by atoms with Crippen molar-refractivity contribution in [3.63, 3.8) is 0 Å². The summed E-state index contributed by atoms with van der Waals surface area (Å²) in [5.41, 5.74) is 1.72. The summed E-state index contributed by atoms with van der Waals surface area (Å²) in [5.74, 6) is 6.14. The molecule has 5 nitrogen and oxygen atoms in total. The third-order valence-electron chi connectivity index (χ3n) is 3.24. The van der Waals surface area contributed by atoms with Gasteiger partial charge in [-0.25, -0.2) is 4.79 Å². The lowest BCUT2D eigenvalue weighted by Gasteiger charge is -2.16. The molecule has 2 rings (SSSR count). The molecule has 0 saturated carbocycles. The van der Waals surface area contributed by atoms with Gasteiger partial charge in [-0.3, -0.25) is 0 Å². The second-order valence-corrected chi connectivity index (χ2v) is 4.62. The number of methoxy groups -OCH3 is 1. The van der Waals surface area contributed by atoms with Crippen molar-refractivity contribution in [3.8, 4) is 17.6 Å². The highest BCUT2D eigenvalue weighted by Crippen LogP contribution is 2.21. The predicted octanol–water partition coefficient (Wildman–Crippen LogP) is 0.906. The summed E-state index contributed by atoms with van der Waals surface area (Å²) in [5, 5.41) is 8.78. The molecule has 0 atom stereocenters. The maximum Gasteiger partial charge on any atom is 0.320 e. The molecule has 1 aromatic rings. The Labute approximate surface area is 118 Å². The zero-order valence-electron chi connectivity index (χ0n) is 11.7. The quantitative estimate of drug-likeness (QED) is 0.833. The van der Waals surface area contributed by atoms with Crippen LogP contribution in [0.25, 0.3) is 0 Å². The molecule has 1 heterocycles. The maximum absolute atomic E-state index is 11.9. The first-order chi connectivity index (χ1) is 9.65. The van der Waals surface area contributed by atoms with Crippen molar-refractivity contribution < 1.29 is 14.6 Å². The fraction of sp³-hybridized carbons (Fsp3) is 0.400. The average molecular weight is 274 g/mol. The van der Waals surface area contributed by atoms with E-state index in [4.69, 9.17) is 9.84 Å². The Morgan fingerprint density at radius 1 is 1.40 bits per heavy atom. The van der Waals surface area contributed by atoms with Gasteiger partial charge in [-0.2, -0.15) is 0 Å². The Morgan fingerprint density at radius 2 is 2.20 bits per heavy atom. The highest BCUT2D eigenvalue weighted by atomic mass is 16.5. The number of aliphatic hydroxyl groups excluding tert-OH is 1. The van der Waals surface area contributed by atoms with Crippen LogP contribution in [0.5, 0.6) is 5.75 Å². The first-order valence-corrected chi connectivity index (χ1v) is 6.42. The molecule has 0 radical (unpaired) electrons. The molecule has 0 bridgehead atoms. The van der Waals surface area contributed by atoms with Crippen LogP contribution in [0.2, 0.25) is 0 Å². The Balaban J connectivity index is 2.18. The van der Waals surface area contributed by atoms with Gasteiger partial charge < -0.3 is 19.6 Å². The number of rotatable bonds is 3. The number of ether oxygens (including phenoxy) is 1. The molecule has 0 spiro atoms. The molecule has 2 amide bonds. The van der Waals surface area contributed by atoms with Crippen molar-refractivity contribution >= 4 is 6.03 Å². The molecule has 106 valence electrons. The Kier molecular flexibility index (Phi) is 4.49. The first kappa shape index (κ1) is 14.2. The number of nitrogens with zero attached hydrogens (tertiary/aromatic N) is 2. The summed E-state index contributed by atoms with van der Waals surface area (Å²) < 4.78 is 5.23. The first-order valence-electron chi connectivity index (χ1n) is 6.42. The number of hydrogen-bond donors (Lipinski definition) is 1. The number of benzene rings is 1. The van der Waals surface area contributed by atoms with Crippen LogP contribution in [-0.2, 0) is 6.54 Å². The highest BCUT2D eigenvalue weighted by Gasteiger charge is 2.25. The molecular formula is C15H18N2O3. The second-order valence-electron chi connectivity index (χ2n) is 4.62. The summed E-state index contributed by atoms with van der Waals surface area (Å²) in [7, 11) is 3.38. The van der Waals surface area contributed by atoms with E-state index >= 15 is 0 Å². The lowest BCUT2D eigenvalue weighted by Crippen LogP contribution is -2.28. The third-order valence-corrected chi connectivity index (χ3v) is 3.24. The van der Waals surface area contributed by atoms with Crippen LogP contribution in [0.15, 0.2) is 18.2 Å². The van der Waals surface area contributed by atoms with Crippen molar-refractivity contribution in [2.75, 3.05) is 33.9 Å². The van der Waals surface area contributed by atoms with Gasteiger partial charge in [-0.1, -0.05) is 17.9 Å². The zero-order chi connectivity index (χ0) is 14.5. The molecule has 0 unspecified atom stereocenters. The van der Waals surface area contributed by atoms with E-state index in [0.717, 1.165) is 24.2 Å². The Bertz CT molecular complexity index is 560. The molecule has 1 aromatic carbocycles. The number of urea groups is 1. The van der Waals surface area contributed by atoms with Gasteiger partial charge in [-0.15, -0.1) is 0 Å². The van der Waals surface area contributed by atoms with Gasteiger partial charge in [0.25, 0.3) is 0 Å². The van der Waals surface area contributed by atoms with Crippen LogP contribution >= 0.6 is 0 Å². The average Bonchev–Trinajstić information content (AvgIpc) is 2.77. The van der Waals surface area contributed by atoms with E-state index in [2.05, 4.69) is 11.8 Å². The third kappa shape index (κ3) is 3.03. The summed E-state index contributed by atoms with van der Waals surface area (Å²) in [6, 6.07) is 5.70. The van der Waals surface area contributed by atoms with E-state index in [1.807, 2.05) is 18.2 Å². The smallest absolute Gasteiger partial charge is 0.320 e. The zero-order valence-corrected chi connectivity index (χ0v) is 11.7. The monoisotopic (exact) mass is 274 g/mol. The fourth-order valence-corrected chi connectivity index (χ4v) is 2.16. The summed E-state index contributed by atoms with van der Waals surface area (Å²) >= 11 is 0. The summed E-state index contributed by atoms with van der Waals surface area (Å²) in [6.07, 6.45) is 0. The van der Waals surface area contributed by atoms with E-state index in [-0.39, 0.29) is 12.6 Å². The number of likely N-dealkylation sites (N-methyl/N-ethyl adjacent to an activating group) is 1. The van der Waals surface area contributed by atoms with Gasteiger partial charge in [0.05, 0.1) is 12.7 Å². The largest absolute Gasteiger partial charge is 0.495 e. The van der Waals surface area contributed by atoms with Crippen LogP contribution in [0.1, 0.15) is 11.1 Å². The van der Waals surface area contributed by atoms with Gasteiger partial charge in [0, 0.05) is 26.7 Å². The normalized spacial score (nSPS) is 14.2. The molecule has 1 aliphatic heterocycles. The maximum atomic E-state index is 11.9. The minimum Gasteiger partial charge on any atom is -0.495 e. The van der Waals surface area contributed by atoms with E-state index in [0.29, 0.717) is 12.3 Å². The van der Waals surface area contributed by atoms with E-state index in [9.17, 15) is 4.79 Å². The molecule has 1 saturated heterocycles. The molecule has 5 heteroatoms. The van der Waals surface area contributed by atoms with Crippen LogP contribution in [0.4, 0.5) is 4.79 Å². The minimum absolute atomic E-state index is 0.0452. The molecular weight excluding hydrogens is 256 g/mol. The Hall–Kier alpha value is -2.19. The SMILES string of the molecule is COc1ccc(CN2CCN(C)C2=O)cc1C#CCO. The molecule has 1 fully saturated rings. The standard InChI is InChI=1S/C15H18N2O3/c1-16-7-8-17(15(16)19)11-12-5-6-14(20-2)13(10-12)4-3-9-18/h5-6,10,18H,7-9,11H2,1-2H3. The van der Waals surface area contributed by atoms with Crippen LogP contribution < -0.4 is 4.74 Å². The number of carbonyl (C=O) groups is 1. The van der Waals surface area contributed by atoms with Crippen molar-refractivity contribution in [2.24, 2.45) is 0 Å². The van der Waals surface area contributed by atoms with Crippen molar-refractivity contribution in [1.82, 2.24) is 9.80 Å². The van der Waals surface area contributed by atoms with Gasteiger partial charge in [-0.05, 0) is 17.7 Å². The topological polar surface area (TPSA) is 53.0 Å². The lowest BCUT2D eigenvalue weighted by molar-refractivity contribution is 0.197. The Morgan fingerprint density at radius 3 is 2.80 bits per heavy atom. The van der Waals surface area contributed by atoms with Gasteiger partial charge in [0.1, 0.15) is 12.4 Å². The predicted molar refractivity (Wildman–Crippen MR) is 75.4 cm³/mol. The number of aliphatic hydroxyl groups is 1. The van der Waals surface area contributed by atoms with E-state index in [1.54, 1.807) is 24.0 Å². The molecule has 0 aliphatic carbocycles. The van der Waals surface area contributed by atoms with Crippen LogP contribution in [-0.4, -0.2) is 54.8 Å². The number of hydrogen-bond acceptors (Lipinski definition) is 3. The molecule has 1 aliphatic rings. The highest BCUT2D eigenvalue weighted by molar-refractivity contribution is 5.76.